The van der Waals surface area contributed by atoms with E-state index in [2.05, 4.69) is 5.10 Å². The number of rotatable bonds is 3. The summed E-state index contributed by atoms with van der Waals surface area (Å²) in [4.78, 5) is 16.6. The molecule has 0 spiro atoms. The van der Waals surface area contributed by atoms with Gasteiger partial charge in [-0.3, -0.25) is 9.48 Å². The van der Waals surface area contributed by atoms with Crippen LogP contribution in [0, 0.1) is 11.6 Å². The molecule has 1 fully saturated rings. The number of anilines is 1. The van der Waals surface area contributed by atoms with Crippen LogP contribution in [0.4, 0.5) is 14.5 Å². The van der Waals surface area contributed by atoms with Crippen molar-refractivity contribution in [2.45, 2.75) is 0 Å². The quantitative estimate of drug-likeness (QED) is 0.698. The normalized spacial score (nSPS) is 14.4. The number of para-hydroxylation sites is 1. The Hall–Kier alpha value is -3.22. The van der Waals surface area contributed by atoms with Gasteiger partial charge in [-0.25, -0.2) is 8.78 Å². The largest absolute Gasteiger partial charge is 0.366 e. The van der Waals surface area contributed by atoms with E-state index in [0.29, 0.717) is 48.8 Å². The Morgan fingerprint density at radius 3 is 2.25 bits per heavy atom. The molecule has 1 aliphatic heterocycles. The van der Waals surface area contributed by atoms with E-state index in [1.54, 1.807) is 54.4 Å². The predicted octanol–water partition coefficient (Wildman–Crippen LogP) is 3.33. The Morgan fingerprint density at radius 2 is 1.57 bits per heavy atom. The summed E-state index contributed by atoms with van der Waals surface area (Å²) >= 11 is 0. The fourth-order valence-electron chi connectivity index (χ4n) is 3.49. The molecule has 1 aliphatic rings. The first-order valence-electron chi connectivity index (χ1n) is 9.12. The lowest BCUT2D eigenvalue weighted by molar-refractivity contribution is 0.0735. The molecule has 28 heavy (non-hydrogen) atoms. The first-order chi connectivity index (χ1) is 13.5. The third kappa shape index (κ3) is 3.35. The monoisotopic (exact) mass is 382 g/mol. The maximum atomic E-state index is 14.0. The maximum absolute atomic E-state index is 14.0. The Labute approximate surface area is 161 Å². The van der Waals surface area contributed by atoms with Crippen molar-refractivity contribution in [3.8, 4) is 11.3 Å². The summed E-state index contributed by atoms with van der Waals surface area (Å²) in [5, 5.41) is 4.30. The zero-order valence-corrected chi connectivity index (χ0v) is 15.5. The molecule has 0 saturated carbocycles. The highest BCUT2D eigenvalue weighted by Crippen LogP contribution is 2.24. The maximum Gasteiger partial charge on any atom is 0.272 e. The second-order valence-electron chi connectivity index (χ2n) is 6.75. The lowest BCUT2D eigenvalue weighted by Gasteiger charge is -2.36. The van der Waals surface area contributed by atoms with Crippen molar-refractivity contribution in [1.82, 2.24) is 14.7 Å². The van der Waals surface area contributed by atoms with Gasteiger partial charge in [-0.2, -0.15) is 5.10 Å². The number of nitrogens with zero attached hydrogens (tertiary/aromatic N) is 4. The molecule has 0 unspecified atom stereocenters. The molecule has 0 aliphatic carbocycles. The second kappa shape index (κ2) is 7.42. The van der Waals surface area contributed by atoms with E-state index < -0.39 is 0 Å². The van der Waals surface area contributed by atoms with Gasteiger partial charge in [0.05, 0.1) is 11.4 Å². The summed E-state index contributed by atoms with van der Waals surface area (Å²) in [6.45, 7) is 2.05. The number of benzene rings is 2. The molecular formula is C21H20F2N4O. The molecule has 0 radical (unpaired) electrons. The molecule has 1 aromatic heterocycles. The molecule has 3 aromatic rings. The zero-order chi connectivity index (χ0) is 19.7. The van der Waals surface area contributed by atoms with Crippen LogP contribution in [0.2, 0.25) is 0 Å². The number of carbonyl (C=O) groups excluding carboxylic acids is 1. The van der Waals surface area contributed by atoms with Crippen LogP contribution in [0.5, 0.6) is 0 Å². The average molecular weight is 382 g/mol. The van der Waals surface area contributed by atoms with Gasteiger partial charge in [0.15, 0.2) is 0 Å². The zero-order valence-electron chi connectivity index (χ0n) is 15.5. The molecular weight excluding hydrogens is 362 g/mol. The topological polar surface area (TPSA) is 41.4 Å². The molecule has 7 heteroatoms. The highest BCUT2D eigenvalue weighted by molar-refractivity contribution is 5.94. The van der Waals surface area contributed by atoms with Gasteiger partial charge in [-0.1, -0.05) is 24.3 Å². The van der Waals surface area contributed by atoms with Gasteiger partial charge in [0, 0.05) is 38.8 Å². The summed E-state index contributed by atoms with van der Waals surface area (Å²) in [5.41, 5.74) is 1.74. The van der Waals surface area contributed by atoms with Crippen molar-refractivity contribution < 1.29 is 13.6 Å². The van der Waals surface area contributed by atoms with Crippen LogP contribution in [-0.4, -0.2) is 46.8 Å². The van der Waals surface area contributed by atoms with E-state index in [9.17, 15) is 13.6 Å². The minimum absolute atomic E-state index is 0.161. The minimum atomic E-state index is -0.377. The number of amides is 1. The Balaban J connectivity index is 1.49. The number of aryl methyl sites for hydroxylation is 1. The minimum Gasteiger partial charge on any atom is -0.366 e. The third-order valence-corrected chi connectivity index (χ3v) is 5.01. The van der Waals surface area contributed by atoms with Crippen LogP contribution in [0.3, 0.4) is 0 Å². The van der Waals surface area contributed by atoms with Crippen LogP contribution in [0.1, 0.15) is 10.5 Å². The molecule has 0 N–H and O–H groups in total. The van der Waals surface area contributed by atoms with Gasteiger partial charge in [-0.15, -0.1) is 0 Å². The molecule has 144 valence electrons. The highest BCUT2D eigenvalue weighted by atomic mass is 19.1. The van der Waals surface area contributed by atoms with Crippen molar-refractivity contribution in [3.05, 3.63) is 71.9 Å². The molecule has 1 saturated heterocycles. The van der Waals surface area contributed by atoms with E-state index in [4.69, 9.17) is 0 Å². The number of carbonyl (C=O) groups is 1. The van der Waals surface area contributed by atoms with Crippen LogP contribution < -0.4 is 4.90 Å². The van der Waals surface area contributed by atoms with Crippen LogP contribution in [0.15, 0.2) is 54.6 Å². The summed E-state index contributed by atoms with van der Waals surface area (Å²) < 4.78 is 29.5. The number of piperazine rings is 1. The number of hydrogen-bond donors (Lipinski definition) is 0. The summed E-state index contributed by atoms with van der Waals surface area (Å²) in [6.07, 6.45) is 0. The molecule has 0 atom stereocenters. The Bertz CT molecular complexity index is 1010. The third-order valence-electron chi connectivity index (χ3n) is 5.01. The Kier molecular flexibility index (Phi) is 4.81. The molecule has 1 amide bonds. The van der Waals surface area contributed by atoms with Crippen molar-refractivity contribution in [3.63, 3.8) is 0 Å². The van der Waals surface area contributed by atoms with Gasteiger partial charge in [0.2, 0.25) is 0 Å². The smallest absolute Gasteiger partial charge is 0.272 e. The van der Waals surface area contributed by atoms with E-state index >= 15 is 0 Å². The summed E-state index contributed by atoms with van der Waals surface area (Å²) in [7, 11) is 1.67. The van der Waals surface area contributed by atoms with Crippen molar-refractivity contribution in [2.75, 3.05) is 31.1 Å². The summed E-state index contributed by atoms with van der Waals surface area (Å²) in [6, 6.07) is 14.6. The highest BCUT2D eigenvalue weighted by Gasteiger charge is 2.26. The van der Waals surface area contributed by atoms with Gasteiger partial charge < -0.3 is 9.80 Å². The van der Waals surface area contributed by atoms with E-state index in [1.165, 1.54) is 16.8 Å². The molecule has 2 aromatic carbocycles. The first kappa shape index (κ1) is 18.2. The standard InChI is InChI=1S/C21H20F2N4O/c1-25-20(14-18(24-25)15-6-2-3-7-16(15)22)21(28)27-12-10-26(11-13-27)19-9-5-4-8-17(19)23/h2-9,14H,10-13H2,1H3. The average Bonchev–Trinajstić information content (AvgIpc) is 3.10. The second-order valence-corrected chi connectivity index (χ2v) is 6.75. The lowest BCUT2D eigenvalue weighted by atomic mass is 10.1. The van der Waals surface area contributed by atoms with Crippen molar-refractivity contribution >= 4 is 11.6 Å². The van der Waals surface area contributed by atoms with Gasteiger partial charge in [0.1, 0.15) is 17.3 Å². The lowest BCUT2D eigenvalue weighted by Crippen LogP contribution is -2.49. The van der Waals surface area contributed by atoms with Gasteiger partial charge in [-0.05, 0) is 30.3 Å². The fraction of sp³-hybridized carbons (Fsp3) is 0.238. The van der Waals surface area contributed by atoms with E-state index in [1.807, 2.05) is 4.90 Å². The fourth-order valence-corrected chi connectivity index (χ4v) is 3.49. The number of aromatic nitrogens is 2. The summed E-state index contributed by atoms with van der Waals surface area (Å²) in [5.74, 6) is -0.799. The van der Waals surface area contributed by atoms with Crippen LogP contribution in [-0.2, 0) is 7.05 Å². The number of halogens is 2. The molecule has 2 heterocycles. The van der Waals surface area contributed by atoms with Crippen molar-refractivity contribution in [2.24, 2.45) is 7.05 Å². The van der Waals surface area contributed by atoms with Crippen LogP contribution >= 0.6 is 0 Å². The van der Waals surface area contributed by atoms with Crippen LogP contribution in [0.25, 0.3) is 11.3 Å². The van der Waals surface area contributed by atoms with E-state index in [0.717, 1.165) is 0 Å². The van der Waals surface area contributed by atoms with E-state index in [-0.39, 0.29) is 17.5 Å². The van der Waals surface area contributed by atoms with Gasteiger partial charge in [0.25, 0.3) is 5.91 Å². The predicted molar refractivity (Wildman–Crippen MR) is 103 cm³/mol. The molecule has 5 nitrogen and oxygen atoms in total. The molecule has 4 rings (SSSR count). The SMILES string of the molecule is Cn1nc(-c2ccccc2F)cc1C(=O)N1CCN(c2ccccc2F)CC1. The first-order valence-corrected chi connectivity index (χ1v) is 9.12. The van der Waals surface area contributed by atoms with Gasteiger partial charge >= 0.3 is 0 Å². The Morgan fingerprint density at radius 1 is 0.929 bits per heavy atom. The molecule has 0 bridgehead atoms. The van der Waals surface area contributed by atoms with Crippen molar-refractivity contribution in [1.29, 1.82) is 0 Å². The number of hydrogen-bond acceptors (Lipinski definition) is 3.